The van der Waals surface area contributed by atoms with E-state index in [4.69, 9.17) is 16.3 Å². The second-order valence-electron chi connectivity index (χ2n) is 6.16. The van der Waals surface area contributed by atoms with Crippen LogP contribution < -0.4 is 4.74 Å². The number of alkyl halides is 1. The van der Waals surface area contributed by atoms with Crippen LogP contribution >= 0.6 is 11.6 Å². The number of hydrogen-bond acceptors (Lipinski definition) is 2. The van der Waals surface area contributed by atoms with Crippen molar-refractivity contribution in [1.82, 2.24) is 4.90 Å². The maximum atomic E-state index is 12.3. The average molecular weight is 368 g/mol. The zero-order valence-corrected chi connectivity index (χ0v) is 15.6. The predicted octanol–water partition coefficient (Wildman–Crippen LogP) is 4.66. The highest BCUT2D eigenvalue weighted by Crippen LogP contribution is 2.28. The first-order chi connectivity index (χ1) is 12.7. The monoisotopic (exact) mass is 367 g/mol. The fourth-order valence-electron chi connectivity index (χ4n) is 3.17. The van der Waals surface area contributed by atoms with Crippen LogP contribution in [0.1, 0.15) is 11.1 Å². The molecule has 0 aliphatic rings. The third-order valence-corrected chi connectivity index (χ3v) is 4.76. The van der Waals surface area contributed by atoms with E-state index in [0.717, 1.165) is 28.5 Å². The van der Waals surface area contributed by atoms with Gasteiger partial charge in [-0.3, -0.25) is 4.79 Å². The number of nitrogens with zero attached hydrogens (tertiary/aromatic N) is 1. The van der Waals surface area contributed by atoms with Gasteiger partial charge in [-0.1, -0.05) is 60.7 Å². The lowest BCUT2D eigenvalue weighted by atomic mass is 10.0. The SMILES string of the molecule is COc1ccc(CCN(Cc2ccccc2)C(=O)CCl)c2ccccc12. The van der Waals surface area contributed by atoms with E-state index in [-0.39, 0.29) is 11.8 Å². The Morgan fingerprint density at radius 2 is 1.65 bits per heavy atom. The summed E-state index contributed by atoms with van der Waals surface area (Å²) in [6.45, 7) is 1.19. The summed E-state index contributed by atoms with van der Waals surface area (Å²) in [5.74, 6) is 0.812. The van der Waals surface area contributed by atoms with E-state index in [9.17, 15) is 4.79 Å². The maximum Gasteiger partial charge on any atom is 0.237 e. The van der Waals surface area contributed by atoms with E-state index in [2.05, 4.69) is 18.2 Å². The van der Waals surface area contributed by atoms with E-state index in [1.54, 1.807) is 7.11 Å². The lowest BCUT2D eigenvalue weighted by Gasteiger charge is -2.22. The van der Waals surface area contributed by atoms with Gasteiger partial charge in [0.15, 0.2) is 0 Å². The summed E-state index contributed by atoms with van der Waals surface area (Å²) in [7, 11) is 1.68. The molecule has 0 unspecified atom stereocenters. The quantitative estimate of drug-likeness (QED) is 0.568. The number of hydrogen-bond donors (Lipinski definition) is 0. The minimum absolute atomic E-state index is 0.00378. The Kier molecular flexibility index (Phi) is 6.13. The molecule has 3 aromatic carbocycles. The van der Waals surface area contributed by atoms with Crippen LogP contribution in [-0.2, 0) is 17.8 Å². The molecule has 0 spiro atoms. The van der Waals surface area contributed by atoms with Gasteiger partial charge in [0.05, 0.1) is 7.11 Å². The zero-order chi connectivity index (χ0) is 18.4. The van der Waals surface area contributed by atoms with Crippen molar-refractivity contribution in [3.63, 3.8) is 0 Å². The number of carbonyl (C=O) groups excluding carboxylic acids is 1. The molecule has 3 rings (SSSR count). The summed E-state index contributed by atoms with van der Waals surface area (Å²) in [5, 5.41) is 2.25. The van der Waals surface area contributed by atoms with Gasteiger partial charge >= 0.3 is 0 Å². The molecule has 0 saturated heterocycles. The highest BCUT2D eigenvalue weighted by molar-refractivity contribution is 6.27. The van der Waals surface area contributed by atoms with Crippen molar-refractivity contribution in [1.29, 1.82) is 0 Å². The van der Waals surface area contributed by atoms with Crippen LogP contribution in [-0.4, -0.2) is 30.3 Å². The molecule has 1 amide bonds. The lowest BCUT2D eigenvalue weighted by molar-refractivity contribution is -0.129. The van der Waals surface area contributed by atoms with Gasteiger partial charge in [-0.2, -0.15) is 0 Å². The van der Waals surface area contributed by atoms with Gasteiger partial charge < -0.3 is 9.64 Å². The number of benzene rings is 3. The molecule has 0 radical (unpaired) electrons. The summed E-state index contributed by atoms with van der Waals surface area (Å²) >= 11 is 5.82. The molecule has 3 aromatic rings. The summed E-state index contributed by atoms with van der Waals surface area (Å²) < 4.78 is 5.46. The summed E-state index contributed by atoms with van der Waals surface area (Å²) in [4.78, 5) is 14.1. The van der Waals surface area contributed by atoms with Crippen LogP contribution in [0.3, 0.4) is 0 Å². The van der Waals surface area contributed by atoms with E-state index in [1.807, 2.05) is 53.4 Å². The van der Waals surface area contributed by atoms with E-state index in [0.29, 0.717) is 13.1 Å². The Labute approximate surface area is 159 Å². The molecular formula is C22H22ClNO2. The molecular weight excluding hydrogens is 346 g/mol. The molecule has 0 heterocycles. The fourth-order valence-corrected chi connectivity index (χ4v) is 3.33. The van der Waals surface area contributed by atoms with Gasteiger partial charge in [0, 0.05) is 18.5 Å². The number of amides is 1. The van der Waals surface area contributed by atoms with E-state index >= 15 is 0 Å². The molecule has 4 heteroatoms. The Morgan fingerprint density at radius 1 is 0.962 bits per heavy atom. The Balaban J connectivity index is 1.81. The van der Waals surface area contributed by atoms with Crippen molar-refractivity contribution < 1.29 is 9.53 Å². The number of methoxy groups -OCH3 is 1. The van der Waals surface area contributed by atoms with Gasteiger partial charge in [-0.15, -0.1) is 11.6 Å². The molecule has 3 nitrogen and oxygen atoms in total. The van der Waals surface area contributed by atoms with Crippen molar-refractivity contribution >= 4 is 28.3 Å². The minimum atomic E-state index is -0.0478. The van der Waals surface area contributed by atoms with Gasteiger partial charge in [0.2, 0.25) is 5.91 Å². The molecule has 134 valence electrons. The van der Waals surface area contributed by atoms with Crippen LogP contribution in [0.25, 0.3) is 10.8 Å². The standard InChI is InChI=1S/C22H22ClNO2/c1-26-21-12-11-18(19-9-5-6-10-20(19)21)13-14-24(22(25)15-23)16-17-7-3-2-4-8-17/h2-12H,13-16H2,1H3. The van der Waals surface area contributed by atoms with Crippen molar-refractivity contribution in [3.8, 4) is 5.75 Å². The van der Waals surface area contributed by atoms with Crippen LogP contribution in [0.5, 0.6) is 5.75 Å². The number of rotatable bonds is 7. The third-order valence-electron chi connectivity index (χ3n) is 4.53. The van der Waals surface area contributed by atoms with Crippen molar-refractivity contribution in [3.05, 3.63) is 77.9 Å². The second-order valence-corrected chi connectivity index (χ2v) is 6.42. The average Bonchev–Trinajstić information content (AvgIpc) is 2.71. The first-order valence-electron chi connectivity index (χ1n) is 8.65. The number of halogens is 1. The zero-order valence-electron chi connectivity index (χ0n) is 14.8. The molecule has 0 aliphatic heterocycles. The van der Waals surface area contributed by atoms with E-state index in [1.165, 1.54) is 5.56 Å². The molecule has 0 saturated carbocycles. The highest BCUT2D eigenvalue weighted by Gasteiger charge is 2.14. The van der Waals surface area contributed by atoms with Gasteiger partial charge in [-0.05, 0) is 29.0 Å². The molecule has 26 heavy (non-hydrogen) atoms. The Hall–Kier alpha value is -2.52. The molecule has 0 bridgehead atoms. The molecule has 0 aromatic heterocycles. The highest BCUT2D eigenvalue weighted by atomic mass is 35.5. The summed E-state index contributed by atoms with van der Waals surface area (Å²) in [6, 6.07) is 22.2. The largest absolute Gasteiger partial charge is 0.496 e. The van der Waals surface area contributed by atoms with Crippen molar-refractivity contribution in [2.45, 2.75) is 13.0 Å². The second kappa shape index (κ2) is 8.72. The third kappa shape index (κ3) is 4.17. The molecule has 0 aliphatic carbocycles. The van der Waals surface area contributed by atoms with Crippen LogP contribution in [0.2, 0.25) is 0 Å². The van der Waals surface area contributed by atoms with Crippen LogP contribution in [0.15, 0.2) is 66.7 Å². The Morgan fingerprint density at radius 3 is 2.35 bits per heavy atom. The molecule has 0 fully saturated rings. The summed E-state index contributed by atoms with van der Waals surface area (Å²) in [5.41, 5.74) is 2.30. The molecule has 0 atom stereocenters. The maximum absolute atomic E-state index is 12.3. The van der Waals surface area contributed by atoms with Crippen LogP contribution in [0, 0.1) is 0 Å². The first-order valence-corrected chi connectivity index (χ1v) is 9.18. The number of carbonyl (C=O) groups is 1. The minimum Gasteiger partial charge on any atom is -0.496 e. The molecule has 0 N–H and O–H groups in total. The summed E-state index contributed by atoms with van der Waals surface area (Å²) in [6.07, 6.45) is 0.764. The predicted molar refractivity (Wildman–Crippen MR) is 107 cm³/mol. The lowest BCUT2D eigenvalue weighted by Crippen LogP contribution is -2.33. The Bertz CT molecular complexity index is 880. The van der Waals surface area contributed by atoms with Gasteiger partial charge in [0.25, 0.3) is 0 Å². The van der Waals surface area contributed by atoms with Gasteiger partial charge in [0.1, 0.15) is 11.6 Å². The first kappa shape index (κ1) is 18.3. The number of ether oxygens (including phenoxy) is 1. The topological polar surface area (TPSA) is 29.5 Å². The van der Waals surface area contributed by atoms with Crippen molar-refractivity contribution in [2.24, 2.45) is 0 Å². The van der Waals surface area contributed by atoms with Crippen LogP contribution in [0.4, 0.5) is 0 Å². The van der Waals surface area contributed by atoms with Gasteiger partial charge in [-0.25, -0.2) is 0 Å². The normalized spacial score (nSPS) is 10.7. The van der Waals surface area contributed by atoms with Crippen molar-refractivity contribution in [2.75, 3.05) is 19.5 Å². The fraction of sp³-hybridized carbons (Fsp3) is 0.227. The smallest absolute Gasteiger partial charge is 0.237 e. The van der Waals surface area contributed by atoms with E-state index < -0.39 is 0 Å². The number of fused-ring (bicyclic) bond motifs is 1.